The van der Waals surface area contributed by atoms with Crippen LogP contribution in [0.2, 0.25) is 0 Å². The van der Waals surface area contributed by atoms with Gasteiger partial charge in [-0.3, -0.25) is 0 Å². The molecule has 0 unspecified atom stereocenters. The van der Waals surface area contributed by atoms with Crippen molar-refractivity contribution in [1.82, 2.24) is 9.80 Å². The first-order valence-electron chi connectivity index (χ1n) is 4.35. The van der Waals surface area contributed by atoms with E-state index in [9.17, 15) is 9.59 Å². The molecule has 14 heavy (non-hydrogen) atoms. The lowest BCUT2D eigenvalue weighted by atomic mass is 10.3. The standard InChI is InChI=1S/C8H14N2O4/c1-13-7(11)9-3-5-10(6-4-9)8(12)14-2/h3-6H2,1-2H3. The van der Waals surface area contributed by atoms with Gasteiger partial charge in [-0.25, -0.2) is 9.59 Å². The maximum absolute atomic E-state index is 11.1. The molecule has 0 N–H and O–H groups in total. The summed E-state index contributed by atoms with van der Waals surface area (Å²) in [5, 5.41) is 0. The quantitative estimate of drug-likeness (QED) is 0.560. The lowest BCUT2D eigenvalue weighted by Gasteiger charge is -2.32. The van der Waals surface area contributed by atoms with Crippen LogP contribution in [-0.2, 0) is 9.47 Å². The second kappa shape index (κ2) is 4.69. The van der Waals surface area contributed by atoms with Crippen molar-refractivity contribution in [1.29, 1.82) is 0 Å². The summed E-state index contributed by atoms with van der Waals surface area (Å²) in [6, 6.07) is 0. The highest BCUT2D eigenvalue weighted by molar-refractivity contribution is 5.70. The molecule has 6 heteroatoms. The molecule has 0 atom stereocenters. The Hall–Kier alpha value is -1.46. The normalized spacial score (nSPS) is 16.4. The summed E-state index contributed by atoms with van der Waals surface area (Å²) in [5.74, 6) is 0. The predicted molar refractivity (Wildman–Crippen MR) is 48.0 cm³/mol. The fourth-order valence-electron chi connectivity index (χ4n) is 1.33. The molecular weight excluding hydrogens is 188 g/mol. The molecule has 1 rings (SSSR count). The van der Waals surface area contributed by atoms with Crippen molar-refractivity contribution in [2.24, 2.45) is 0 Å². The van der Waals surface area contributed by atoms with E-state index in [1.165, 1.54) is 14.2 Å². The van der Waals surface area contributed by atoms with E-state index in [-0.39, 0.29) is 12.2 Å². The largest absolute Gasteiger partial charge is 0.453 e. The van der Waals surface area contributed by atoms with Crippen LogP contribution in [0.4, 0.5) is 9.59 Å². The van der Waals surface area contributed by atoms with Gasteiger partial charge in [0, 0.05) is 26.2 Å². The number of carbonyl (C=O) groups is 2. The van der Waals surface area contributed by atoms with Gasteiger partial charge in [-0.1, -0.05) is 0 Å². The minimum absolute atomic E-state index is 0.352. The number of hydrogen-bond acceptors (Lipinski definition) is 4. The van der Waals surface area contributed by atoms with Crippen LogP contribution in [0.25, 0.3) is 0 Å². The van der Waals surface area contributed by atoms with Gasteiger partial charge in [-0.2, -0.15) is 0 Å². The van der Waals surface area contributed by atoms with Crippen LogP contribution < -0.4 is 0 Å². The number of amides is 2. The van der Waals surface area contributed by atoms with Crippen LogP contribution in [0.5, 0.6) is 0 Å². The number of hydrogen-bond donors (Lipinski definition) is 0. The van der Waals surface area contributed by atoms with E-state index in [4.69, 9.17) is 0 Å². The smallest absolute Gasteiger partial charge is 0.409 e. The van der Waals surface area contributed by atoms with Crippen LogP contribution in [0.3, 0.4) is 0 Å². The highest BCUT2D eigenvalue weighted by Crippen LogP contribution is 2.04. The molecule has 1 saturated heterocycles. The third kappa shape index (κ3) is 2.27. The number of methoxy groups -OCH3 is 2. The van der Waals surface area contributed by atoms with Crippen molar-refractivity contribution in [3.8, 4) is 0 Å². The van der Waals surface area contributed by atoms with Gasteiger partial charge in [-0.15, -0.1) is 0 Å². The molecule has 1 heterocycles. The van der Waals surface area contributed by atoms with Gasteiger partial charge in [0.2, 0.25) is 0 Å². The third-order valence-electron chi connectivity index (χ3n) is 2.15. The number of nitrogens with zero attached hydrogens (tertiary/aromatic N) is 2. The maximum atomic E-state index is 11.1. The van der Waals surface area contributed by atoms with Gasteiger partial charge in [-0.05, 0) is 0 Å². The predicted octanol–water partition coefficient (Wildman–Crippen LogP) is 0.137. The van der Waals surface area contributed by atoms with Crippen molar-refractivity contribution >= 4 is 12.2 Å². The molecule has 0 aliphatic carbocycles. The summed E-state index contributed by atoms with van der Waals surface area (Å²) < 4.78 is 9.13. The molecule has 0 saturated carbocycles. The summed E-state index contributed by atoms with van der Waals surface area (Å²) in [4.78, 5) is 25.3. The maximum Gasteiger partial charge on any atom is 0.409 e. The highest BCUT2D eigenvalue weighted by Gasteiger charge is 2.24. The SMILES string of the molecule is COC(=O)N1CCN(C(=O)OC)CC1. The van der Waals surface area contributed by atoms with E-state index in [1.54, 1.807) is 9.80 Å². The topological polar surface area (TPSA) is 59.1 Å². The summed E-state index contributed by atoms with van der Waals surface area (Å²) in [6.07, 6.45) is -0.705. The molecule has 0 aromatic rings. The average molecular weight is 202 g/mol. The number of carbonyl (C=O) groups excluding carboxylic acids is 2. The first kappa shape index (κ1) is 10.6. The molecule has 0 radical (unpaired) electrons. The number of piperazine rings is 1. The van der Waals surface area contributed by atoms with Crippen LogP contribution in [-0.4, -0.2) is 62.4 Å². The molecule has 2 amide bonds. The van der Waals surface area contributed by atoms with Crippen LogP contribution >= 0.6 is 0 Å². The third-order valence-corrected chi connectivity index (χ3v) is 2.15. The summed E-state index contributed by atoms with van der Waals surface area (Å²) >= 11 is 0. The summed E-state index contributed by atoms with van der Waals surface area (Å²) in [7, 11) is 2.68. The highest BCUT2D eigenvalue weighted by atomic mass is 16.5. The first-order valence-corrected chi connectivity index (χ1v) is 4.35. The van der Waals surface area contributed by atoms with E-state index in [1.807, 2.05) is 0 Å². The lowest BCUT2D eigenvalue weighted by molar-refractivity contribution is 0.0771. The fourth-order valence-corrected chi connectivity index (χ4v) is 1.33. The van der Waals surface area contributed by atoms with Crippen molar-refractivity contribution in [3.63, 3.8) is 0 Å². The fraction of sp³-hybridized carbons (Fsp3) is 0.750. The number of rotatable bonds is 0. The second-order valence-electron chi connectivity index (χ2n) is 2.91. The van der Waals surface area contributed by atoms with Gasteiger partial charge >= 0.3 is 12.2 Å². The Morgan fingerprint density at radius 3 is 1.36 bits per heavy atom. The zero-order chi connectivity index (χ0) is 10.6. The van der Waals surface area contributed by atoms with E-state index < -0.39 is 0 Å². The van der Waals surface area contributed by atoms with Crippen molar-refractivity contribution in [2.45, 2.75) is 0 Å². The molecule has 1 aliphatic heterocycles. The van der Waals surface area contributed by atoms with Gasteiger partial charge < -0.3 is 19.3 Å². The second-order valence-corrected chi connectivity index (χ2v) is 2.91. The van der Waals surface area contributed by atoms with Gasteiger partial charge in [0.25, 0.3) is 0 Å². The van der Waals surface area contributed by atoms with Crippen molar-refractivity contribution in [2.75, 3.05) is 40.4 Å². The van der Waals surface area contributed by atoms with E-state index in [0.717, 1.165) is 0 Å². The Kier molecular flexibility index (Phi) is 3.55. The average Bonchev–Trinajstić information content (AvgIpc) is 2.27. The van der Waals surface area contributed by atoms with E-state index in [2.05, 4.69) is 9.47 Å². The Bertz CT molecular complexity index is 199. The van der Waals surface area contributed by atoms with Crippen molar-refractivity contribution in [3.05, 3.63) is 0 Å². The lowest BCUT2D eigenvalue weighted by Crippen LogP contribution is -2.50. The summed E-state index contributed by atoms with van der Waals surface area (Å²) in [6.45, 7) is 1.95. The zero-order valence-corrected chi connectivity index (χ0v) is 8.36. The zero-order valence-electron chi connectivity index (χ0n) is 8.36. The van der Waals surface area contributed by atoms with Gasteiger partial charge in [0.15, 0.2) is 0 Å². The van der Waals surface area contributed by atoms with Gasteiger partial charge in [0.05, 0.1) is 14.2 Å². The molecule has 6 nitrogen and oxygen atoms in total. The van der Waals surface area contributed by atoms with Crippen LogP contribution in [0, 0.1) is 0 Å². The Labute approximate surface area is 82.4 Å². The Morgan fingerprint density at radius 2 is 1.14 bits per heavy atom. The molecule has 0 spiro atoms. The monoisotopic (exact) mass is 202 g/mol. The molecule has 0 aromatic heterocycles. The summed E-state index contributed by atoms with van der Waals surface area (Å²) in [5.41, 5.74) is 0. The van der Waals surface area contributed by atoms with E-state index in [0.29, 0.717) is 26.2 Å². The minimum atomic E-state index is -0.352. The Morgan fingerprint density at radius 1 is 0.857 bits per heavy atom. The Balaban J connectivity index is 2.38. The molecular formula is C8H14N2O4. The van der Waals surface area contributed by atoms with Gasteiger partial charge in [0.1, 0.15) is 0 Å². The van der Waals surface area contributed by atoms with Crippen LogP contribution in [0.1, 0.15) is 0 Å². The molecule has 80 valence electrons. The molecule has 1 fully saturated rings. The molecule has 1 aliphatic rings. The van der Waals surface area contributed by atoms with Crippen molar-refractivity contribution < 1.29 is 19.1 Å². The molecule has 0 aromatic carbocycles. The van der Waals surface area contributed by atoms with Crippen LogP contribution in [0.15, 0.2) is 0 Å². The molecule has 0 bridgehead atoms. The first-order chi connectivity index (χ1) is 6.69. The number of ether oxygens (including phenoxy) is 2. The minimum Gasteiger partial charge on any atom is -0.453 e. The van der Waals surface area contributed by atoms with E-state index >= 15 is 0 Å².